The van der Waals surface area contributed by atoms with Gasteiger partial charge >= 0.3 is 0 Å². The molecule has 2 amide bonds. The molecule has 0 radical (unpaired) electrons. The third-order valence-electron chi connectivity index (χ3n) is 5.99. The molecule has 2 rings (SSSR count). The molecule has 0 aliphatic carbocycles. The first kappa shape index (κ1) is 29.3. The summed E-state index contributed by atoms with van der Waals surface area (Å²) in [6, 6.07) is 12.5. The lowest BCUT2D eigenvalue weighted by atomic mass is 10.1. The fourth-order valence-corrected chi connectivity index (χ4v) is 4.94. The van der Waals surface area contributed by atoms with E-state index in [2.05, 4.69) is 5.32 Å². The van der Waals surface area contributed by atoms with E-state index in [1.165, 1.54) is 21.3 Å². The van der Waals surface area contributed by atoms with Crippen LogP contribution >= 0.6 is 0 Å². The molecule has 1 atom stereocenters. The van der Waals surface area contributed by atoms with Crippen molar-refractivity contribution in [3.8, 4) is 0 Å². The van der Waals surface area contributed by atoms with Crippen LogP contribution in [-0.2, 0) is 32.6 Å². The molecule has 9 heteroatoms. The van der Waals surface area contributed by atoms with Gasteiger partial charge in [0.05, 0.1) is 11.9 Å². The minimum Gasteiger partial charge on any atom is -0.354 e. The van der Waals surface area contributed by atoms with Crippen LogP contribution in [0, 0.1) is 5.82 Å². The van der Waals surface area contributed by atoms with Gasteiger partial charge < -0.3 is 10.2 Å². The molecule has 0 spiro atoms. The van der Waals surface area contributed by atoms with E-state index in [9.17, 15) is 22.4 Å². The SMILES string of the molecule is CCCNC(=O)C(CC)N(Cc1ccc(F)cc1)C(=O)CCCN(c1ccc(CC)cc1)S(C)(=O)=O. The van der Waals surface area contributed by atoms with Crippen LogP contribution in [0.1, 0.15) is 57.6 Å². The Balaban J connectivity index is 2.18. The van der Waals surface area contributed by atoms with Gasteiger partial charge in [0.2, 0.25) is 21.8 Å². The Morgan fingerprint density at radius 1 is 0.972 bits per heavy atom. The van der Waals surface area contributed by atoms with Gasteiger partial charge in [0.15, 0.2) is 0 Å². The van der Waals surface area contributed by atoms with Gasteiger partial charge in [-0.05, 0) is 61.1 Å². The van der Waals surface area contributed by atoms with Gasteiger partial charge in [-0.1, -0.05) is 45.0 Å². The highest BCUT2D eigenvalue weighted by Gasteiger charge is 2.28. The van der Waals surface area contributed by atoms with Crippen LogP contribution in [0.2, 0.25) is 0 Å². The van der Waals surface area contributed by atoms with Crippen molar-refractivity contribution >= 4 is 27.5 Å². The zero-order valence-corrected chi connectivity index (χ0v) is 22.5. The number of hydrogen-bond donors (Lipinski definition) is 1. The van der Waals surface area contributed by atoms with E-state index in [0.717, 1.165) is 24.7 Å². The lowest BCUT2D eigenvalue weighted by molar-refractivity contribution is -0.141. The molecule has 0 fully saturated rings. The van der Waals surface area contributed by atoms with E-state index in [1.54, 1.807) is 24.3 Å². The number of nitrogens with one attached hydrogen (secondary N) is 1. The van der Waals surface area contributed by atoms with E-state index in [0.29, 0.717) is 24.2 Å². The number of hydrogen-bond acceptors (Lipinski definition) is 4. The number of carbonyl (C=O) groups excluding carboxylic acids is 2. The average Bonchev–Trinajstić information content (AvgIpc) is 2.85. The predicted octanol–water partition coefficient (Wildman–Crippen LogP) is 4.27. The minimum absolute atomic E-state index is 0.0673. The molecular weight excluding hydrogens is 481 g/mol. The molecule has 0 heterocycles. The van der Waals surface area contributed by atoms with Gasteiger partial charge in [-0.25, -0.2) is 12.8 Å². The summed E-state index contributed by atoms with van der Waals surface area (Å²) < 4.78 is 39.6. The molecule has 198 valence electrons. The second-order valence-corrected chi connectivity index (χ2v) is 10.7. The number of carbonyl (C=O) groups is 2. The normalized spacial score (nSPS) is 12.1. The standard InChI is InChI=1S/C27H38FN3O4S/c1-5-18-29-27(33)25(7-3)30(20-22-10-14-23(28)15-11-22)26(32)9-8-19-31(36(4,34)35)24-16-12-21(6-2)13-17-24/h10-17,25H,5-9,18-20H2,1-4H3,(H,29,33). The molecule has 36 heavy (non-hydrogen) atoms. The summed E-state index contributed by atoms with van der Waals surface area (Å²) in [5.41, 5.74) is 2.36. The number of aryl methyl sites for hydroxylation is 1. The van der Waals surface area contributed by atoms with Crippen molar-refractivity contribution in [3.63, 3.8) is 0 Å². The van der Waals surface area contributed by atoms with Gasteiger partial charge in [0.25, 0.3) is 0 Å². The highest BCUT2D eigenvalue weighted by atomic mass is 32.2. The summed E-state index contributed by atoms with van der Waals surface area (Å²) in [4.78, 5) is 27.7. The highest BCUT2D eigenvalue weighted by molar-refractivity contribution is 7.92. The quantitative estimate of drug-likeness (QED) is 0.404. The topological polar surface area (TPSA) is 86.8 Å². The number of halogens is 1. The Morgan fingerprint density at radius 2 is 1.58 bits per heavy atom. The van der Waals surface area contributed by atoms with E-state index < -0.39 is 16.1 Å². The number of amides is 2. The minimum atomic E-state index is -3.54. The number of sulfonamides is 1. The monoisotopic (exact) mass is 519 g/mol. The zero-order valence-electron chi connectivity index (χ0n) is 21.7. The largest absolute Gasteiger partial charge is 0.354 e. The Labute approximate surface area is 214 Å². The summed E-state index contributed by atoms with van der Waals surface area (Å²) in [6.45, 7) is 6.62. The molecule has 2 aromatic rings. The maximum absolute atomic E-state index is 13.4. The summed E-state index contributed by atoms with van der Waals surface area (Å²) in [7, 11) is -3.54. The molecule has 0 aliphatic heterocycles. The van der Waals surface area contributed by atoms with E-state index >= 15 is 0 Å². The summed E-state index contributed by atoms with van der Waals surface area (Å²) >= 11 is 0. The molecule has 0 saturated carbocycles. The van der Waals surface area contributed by atoms with Gasteiger partial charge in [-0.15, -0.1) is 0 Å². The lowest BCUT2D eigenvalue weighted by Crippen LogP contribution is -2.49. The second-order valence-electron chi connectivity index (χ2n) is 8.82. The van der Waals surface area contributed by atoms with Crippen molar-refractivity contribution in [2.75, 3.05) is 23.7 Å². The number of anilines is 1. The van der Waals surface area contributed by atoms with Crippen molar-refractivity contribution in [1.29, 1.82) is 0 Å². The van der Waals surface area contributed by atoms with Gasteiger partial charge in [0.1, 0.15) is 11.9 Å². The summed E-state index contributed by atoms with van der Waals surface area (Å²) in [6.07, 6.45) is 3.54. The van der Waals surface area contributed by atoms with E-state index in [1.807, 2.05) is 32.9 Å². The lowest BCUT2D eigenvalue weighted by Gasteiger charge is -2.31. The Morgan fingerprint density at radius 3 is 2.11 bits per heavy atom. The van der Waals surface area contributed by atoms with Crippen molar-refractivity contribution < 1.29 is 22.4 Å². The van der Waals surface area contributed by atoms with Crippen LogP contribution in [-0.4, -0.2) is 50.5 Å². The molecule has 7 nitrogen and oxygen atoms in total. The van der Waals surface area contributed by atoms with Gasteiger partial charge in [-0.2, -0.15) is 0 Å². The fraction of sp³-hybridized carbons (Fsp3) is 0.481. The van der Waals surface area contributed by atoms with Crippen LogP contribution in [0.5, 0.6) is 0 Å². The van der Waals surface area contributed by atoms with Crippen LogP contribution in [0.4, 0.5) is 10.1 Å². The maximum atomic E-state index is 13.4. The van der Waals surface area contributed by atoms with Gasteiger partial charge in [-0.3, -0.25) is 13.9 Å². The number of nitrogens with zero attached hydrogens (tertiary/aromatic N) is 2. The van der Waals surface area contributed by atoms with Gasteiger partial charge in [0, 0.05) is 26.1 Å². The van der Waals surface area contributed by atoms with Crippen LogP contribution < -0.4 is 9.62 Å². The zero-order chi connectivity index (χ0) is 26.7. The third-order valence-corrected chi connectivity index (χ3v) is 7.18. The second kappa shape index (κ2) is 14.0. The number of benzene rings is 2. The molecule has 2 aromatic carbocycles. The van der Waals surface area contributed by atoms with E-state index in [-0.39, 0.29) is 43.6 Å². The molecule has 1 unspecified atom stereocenters. The maximum Gasteiger partial charge on any atom is 0.242 e. The molecule has 0 aliphatic rings. The Kier molecular flexibility index (Phi) is 11.4. The first-order valence-corrected chi connectivity index (χ1v) is 14.3. The van der Waals surface area contributed by atoms with Crippen LogP contribution in [0.15, 0.2) is 48.5 Å². The average molecular weight is 520 g/mol. The number of rotatable bonds is 14. The Hall–Kier alpha value is -2.94. The van der Waals surface area contributed by atoms with Crippen molar-refractivity contribution in [2.24, 2.45) is 0 Å². The third kappa shape index (κ3) is 8.62. The first-order chi connectivity index (χ1) is 17.1. The fourth-order valence-electron chi connectivity index (χ4n) is 3.97. The van der Waals surface area contributed by atoms with Crippen molar-refractivity contribution in [3.05, 3.63) is 65.5 Å². The smallest absolute Gasteiger partial charge is 0.242 e. The molecule has 1 N–H and O–H groups in total. The van der Waals surface area contributed by atoms with E-state index in [4.69, 9.17) is 0 Å². The van der Waals surface area contributed by atoms with Crippen LogP contribution in [0.25, 0.3) is 0 Å². The van der Waals surface area contributed by atoms with Crippen LogP contribution in [0.3, 0.4) is 0 Å². The van der Waals surface area contributed by atoms with Crippen molar-refractivity contribution in [1.82, 2.24) is 10.2 Å². The molecule has 0 aromatic heterocycles. The summed E-state index contributed by atoms with van der Waals surface area (Å²) in [5, 5.41) is 2.86. The molecule has 0 bridgehead atoms. The molecule has 0 saturated heterocycles. The highest BCUT2D eigenvalue weighted by Crippen LogP contribution is 2.20. The molecular formula is C27H38FN3O4S. The first-order valence-electron chi connectivity index (χ1n) is 12.5. The summed E-state index contributed by atoms with van der Waals surface area (Å²) in [5.74, 6) is -0.867. The predicted molar refractivity (Wildman–Crippen MR) is 142 cm³/mol. The van der Waals surface area contributed by atoms with Crippen molar-refractivity contribution in [2.45, 2.75) is 65.5 Å². The Bertz CT molecular complexity index is 1090.